The second-order valence-electron chi connectivity index (χ2n) is 4.08. The van der Waals surface area contributed by atoms with E-state index < -0.39 is 0 Å². The molecule has 1 N–H and O–H groups in total. The highest BCUT2D eigenvalue weighted by Crippen LogP contribution is 2.38. The topological polar surface area (TPSA) is 49.0 Å². The summed E-state index contributed by atoms with van der Waals surface area (Å²) in [5.74, 6) is 2.27. The predicted molar refractivity (Wildman–Crippen MR) is 71.8 cm³/mol. The Balaban J connectivity index is 2.07. The van der Waals surface area contributed by atoms with Crippen LogP contribution in [-0.4, -0.2) is 33.7 Å². The molecule has 0 radical (unpaired) electrons. The first-order valence-electron chi connectivity index (χ1n) is 6.21. The SMILES string of the molecule is C=CCOc1cc2c(cc1CNCCOC)OCO2. The molecule has 1 aliphatic rings. The van der Waals surface area contributed by atoms with Crippen molar-refractivity contribution in [2.24, 2.45) is 0 Å². The number of hydrogen-bond acceptors (Lipinski definition) is 5. The lowest BCUT2D eigenvalue weighted by Crippen LogP contribution is -2.19. The number of nitrogens with one attached hydrogen (secondary N) is 1. The summed E-state index contributed by atoms with van der Waals surface area (Å²) in [6, 6.07) is 3.81. The summed E-state index contributed by atoms with van der Waals surface area (Å²) >= 11 is 0. The largest absolute Gasteiger partial charge is 0.489 e. The van der Waals surface area contributed by atoms with Crippen molar-refractivity contribution in [2.45, 2.75) is 6.54 Å². The normalized spacial score (nSPS) is 12.5. The van der Waals surface area contributed by atoms with Gasteiger partial charge in [0.1, 0.15) is 12.4 Å². The van der Waals surface area contributed by atoms with E-state index in [1.165, 1.54) is 0 Å². The van der Waals surface area contributed by atoms with E-state index in [4.69, 9.17) is 18.9 Å². The van der Waals surface area contributed by atoms with Crippen LogP contribution in [-0.2, 0) is 11.3 Å². The van der Waals surface area contributed by atoms with Gasteiger partial charge < -0.3 is 24.3 Å². The first kappa shape index (κ1) is 13.7. The van der Waals surface area contributed by atoms with E-state index in [0.29, 0.717) is 19.8 Å². The van der Waals surface area contributed by atoms with Crippen LogP contribution < -0.4 is 19.5 Å². The third-order valence-corrected chi connectivity index (χ3v) is 2.71. The summed E-state index contributed by atoms with van der Waals surface area (Å²) < 4.78 is 21.4. The molecule has 1 aromatic rings. The van der Waals surface area contributed by atoms with E-state index in [1.54, 1.807) is 13.2 Å². The van der Waals surface area contributed by atoms with Gasteiger partial charge in [-0.3, -0.25) is 0 Å². The fourth-order valence-corrected chi connectivity index (χ4v) is 1.78. The Kier molecular flexibility index (Phi) is 5.06. The molecule has 1 aromatic carbocycles. The smallest absolute Gasteiger partial charge is 0.231 e. The highest BCUT2D eigenvalue weighted by Gasteiger charge is 2.17. The lowest BCUT2D eigenvalue weighted by molar-refractivity contribution is 0.174. The Hall–Kier alpha value is -1.72. The minimum Gasteiger partial charge on any atom is -0.489 e. The first-order chi connectivity index (χ1) is 9.35. The Morgan fingerprint density at radius 1 is 1.37 bits per heavy atom. The molecule has 5 nitrogen and oxygen atoms in total. The summed E-state index contributed by atoms with van der Waals surface area (Å²) in [5, 5.41) is 3.28. The zero-order valence-electron chi connectivity index (χ0n) is 11.1. The number of ether oxygens (including phenoxy) is 4. The van der Waals surface area contributed by atoms with E-state index in [9.17, 15) is 0 Å². The number of hydrogen-bond donors (Lipinski definition) is 1. The molecule has 0 aliphatic carbocycles. The van der Waals surface area contributed by atoms with E-state index in [2.05, 4.69) is 11.9 Å². The van der Waals surface area contributed by atoms with E-state index in [-0.39, 0.29) is 6.79 Å². The standard InChI is InChI=1S/C14H19NO4/c1-3-5-17-12-8-14-13(18-10-19-14)7-11(12)9-15-4-6-16-2/h3,7-8,15H,1,4-6,9-10H2,2H3. The van der Waals surface area contributed by atoms with Gasteiger partial charge in [0.25, 0.3) is 0 Å². The van der Waals surface area contributed by atoms with E-state index in [1.807, 2.05) is 12.1 Å². The van der Waals surface area contributed by atoms with Crippen molar-refractivity contribution in [3.63, 3.8) is 0 Å². The van der Waals surface area contributed by atoms with Crippen molar-refractivity contribution in [1.29, 1.82) is 0 Å². The Morgan fingerprint density at radius 2 is 2.16 bits per heavy atom. The quantitative estimate of drug-likeness (QED) is 0.573. The zero-order chi connectivity index (χ0) is 13.5. The molecule has 5 heteroatoms. The first-order valence-corrected chi connectivity index (χ1v) is 6.21. The van der Waals surface area contributed by atoms with Crippen molar-refractivity contribution in [3.8, 4) is 17.2 Å². The molecule has 104 valence electrons. The number of fused-ring (bicyclic) bond motifs is 1. The molecule has 0 aromatic heterocycles. The number of rotatable bonds is 8. The molecule has 0 fully saturated rings. The average molecular weight is 265 g/mol. The maximum Gasteiger partial charge on any atom is 0.231 e. The minimum absolute atomic E-state index is 0.261. The van der Waals surface area contributed by atoms with Gasteiger partial charge in [0.2, 0.25) is 6.79 Å². The van der Waals surface area contributed by atoms with Gasteiger partial charge in [-0.2, -0.15) is 0 Å². The van der Waals surface area contributed by atoms with Crippen molar-refractivity contribution >= 4 is 0 Å². The molecular weight excluding hydrogens is 246 g/mol. The molecule has 0 saturated heterocycles. The highest BCUT2D eigenvalue weighted by atomic mass is 16.7. The molecule has 0 bridgehead atoms. The van der Waals surface area contributed by atoms with Gasteiger partial charge in [0.15, 0.2) is 11.5 Å². The molecule has 0 unspecified atom stereocenters. The second-order valence-corrected chi connectivity index (χ2v) is 4.08. The van der Waals surface area contributed by atoms with Crippen LogP contribution in [0.2, 0.25) is 0 Å². The van der Waals surface area contributed by atoms with Gasteiger partial charge in [0, 0.05) is 31.8 Å². The lowest BCUT2D eigenvalue weighted by Gasteiger charge is -2.12. The van der Waals surface area contributed by atoms with Gasteiger partial charge >= 0.3 is 0 Å². The fourth-order valence-electron chi connectivity index (χ4n) is 1.78. The molecule has 19 heavy (non-hydrogen) atoms. The minimum atomic E-state index is 0.261. The lowest BCUT2D eigenvalue weighted by atomic mass is 10.1. The van der Waals surface area contributed by atoms with Crippen LogP contribution in [0.15, 0.2) is 24.8 Å². The van der Waals surface area contributed by atoms with Crippen molar-refractivity contribution in [3.05, 3.63) is 30.4 Å². The highest BCUT2D eigenvalue weighted by molar-refractivity contribution is 5.51. The van der Waals surface area contributed by atoms with Crippen LogP contribution >= 0.6 is 0 Å². The molecule has 1 heterocycles. The third-order valence-electron chi connectivity index (χ3n) is 2.71. The summed E-state index contributed by atoms with van der Waals surface area (Å²) in [5.41, 5.74) is 1.03. The van der Waals surface area contributed by atoms with Gasteiger partial charge in [-0.05, 0) is 6.07 Å². The van der Waals surface area contributed by atoms with Crippen LogP contribution in [0.1, 0.15) is 5.56 Å². The fraction of sp³-hybridized carbons (Fsp3) is 0.429. The number of methoxy groups -OCH3 is 1. The van der Waals surface area contributed by atoms with Crippen LogP contribution in [0.4, 0.5) is 0 Å². The molecular formula is C14H19NO4. The maximum absolute atomic E-state index is 5.64. The van der Waals surface area contributed by atoms with Crippen LogP contribution in [0.5, 0.6) is 17.2 Å². The summed E-state index contributed by atoms with van der Waals surface area (Å²) in [4.78, 5) is 0. The molecule has 0 spiro atoms. The predicted octanol–water partition coefficient (Wildman–Crippen LogP) is 1.72. The monoisotopic (exact) mass is 265 g/mol. The van der Waals surface area contributed by atoms with Gasteiger partial charge in [-0.1, -0.05) is 12.7 Å². The second kappa shape index (κ2) is 7.01. The summed E-state index contributed by atoms with van der Waals surface area (Å²) in [6.45, 7) is 6.52. The van der Waals surface area contributed by atoms with E-state index in [0.717, 1.165) is 29.4 Å². The van der Waals surface area contributed by atoms with Crippen LogP contribution in [0, 0.1) is 0 Å². The van der Waals surface area contributed by atoms with Crippen molar-refractivity contribution < 1.29 is 18.9 Å². The third kappa shape index (κ3) is 3.62. The molecule has 2 rings (SSSR count). The van der Waals surface area contributed by atoms with Gasteiger partial charge in [-0.15, -0.1) is 0 Å². The zero-order valence-corrected chi connectivity index (χ0v) is 11.1. The van der Waals surface area contributed by atoms with Gasteiger partial charge in [-0.25, -0.2) is 0 Å². The molecule has 0 saturated carbocycles. The Morgan fingerprint density at radius 3 is 2.89 bits per heavy atom. The average Bonchev–Trinajstić information content (AvgIpc) is 2.88. The van der Waals surface area contributed by atoms with Crippen LogP contribution in [0.25, 0.3) is 0 Å². The molecule has 1 aliphatic heterocycles. The van der Waals surface area contributed by atoms with E-state index >= 15 is 0 Å². The summed E-state index contributed by atoms with van der Waals surface area (Å²) in [6.07, 6.45) is 1.71. The van der Waals surface area contributed by atoms with Gasteiger partial charge in [0.05, 0.1) is 6.61 Å². The summed E-state index contributed by atoms with van der Waals surface area (Å²) in [7, 11) is 1.68. The molecule has 0 amide bonds. The Labute approximate surface area is 113 Å². The maximum atomic E-state index is 5.64. The molecule has 0 atom stereocenters. The van der Waals surface area contributed by atoms with Crippen LogP contribution in [0.3, 0.4) is 0 Å². The number of benzene rings is 1. The van der Waals surface area contributed by atoms with Crippen molar-refractivity contribution in [1.82, 2.24) is 5.32 Å². The Bertz CT molecular complexity index is 434. The van der Waals surface area contributed by atoms with Crippen molar-refractivity contribution in [2.75, 3.05) is 33.7 Å².